The number of hydrogen-bond donors (Lipinski definition) is 3. The number of amides is 1. The number of nitrogens with zero attached hydrogens (tertiary/aromatic N) is 2. The maximum Gasteiger partial charge on any atom is 0.405 e. The molecular formula is C21H21ClF2N4O3. The lowest BCUT2D eigenvalue weighted by molar-refractivity contribution is 0.190. The largest absolute Gasteiger partial charge is 0.493 e. The van der Waals surface area contributed by atoms with E-state index in [1.54, 1.807) is 19.1 Å². The van der Waals surface area contributed by atoms with Gasteiger partial charge < -0.3 is 20.5 Å². The van der Waals surface area contributed by atoms with Crippen molar-refractivity contribution in [1.82, 2.24) is 15.3 Å². The second-order valence-electron chi connectivity index (χ2n) is 7.02. The highest BCUT2D eigenvalue weighted by Crippen LogP contribution is 2.28. The van der Waals surface area contributed by atoms with Gasteiger partial charge in [0, 0.05) is 18.0 Å². The van der Waals surface area contributed by atoms with E-state index < -0.39 is 23.8 Å². The first-order valence-corrected chi connectivity index (χ1v) is 9.91. The van der Waals surface area contributed by atoms with E-state index in [-0.39, 0.29) is 23.5 Å². The summed E-state index contributed by atoms with van der Waals surface area (Å²) in [5.41, 5.74) is 1.41. The van der Waals surface area contributed by atoms with Gasteiger partial charge in [0.05, 0.1) is 24.4 Å². The van der Waals surface area contributed by atoms with Gasteiger partial charge in [-0.2, -0.15) is 0 Å². The average molecular weight is 451 g/mol. The van der Waals surface area contributed by atoms with Crippen LogP contribution in [0.4, 0.5) is 19.3 Å². The van der Waals surface area contributed by atoms with Crippen LogP contribution in [0.25, 0.3) is 11.0 Å². The van der Waals surface area contributed by atoms with E-state index in [1.165, 1.54) is 18.2 Å². The van der Waals surface area contributed by atoms with Crippen LogP contribution in [-0.2, 0) is 0 Å². The molecule has 0 aliphatic rings. The molecule has 2 aromatic heterocycles. The number of anilines is 1. The van der Waals surface area contributed by atoms with Crippen molar-refractivity contribution >= 4 is 34.4 Å². The van der Waals surface area contributed by atoms with E-state index >= 15 is 0 Å². The number of carbonyl (C=O) groups is 1. The lowest BCUT2D eigenvalue weighted by Gasteiger charge is -2.20. The van der Waals surface area contributed by atoms with Gasteiger partial charge in [-0.1, -0.05) is 11.6 Å². The molecule has 0 spiro atoms. The number of ether oxygens (including phenoxy) is 1. The Labute approximate surface area is 182 Å². The maximum atomic E-state index is 14.4. The highest BCUT2D eigenvalue weighted by atomic mass is 35.5. The second kappa shape index (κ2) is 9.74. The minimum Gasteiger partial charge on any atom is -0.493 e. The summed E-state index contributed by atoms with van der Waals surface area (Å²) < 4.78 is 33.7. The van der Waals surface area contributed by atoms with Gasteiger partial charge in [0.15, 0.2) is 5.82 Å². The number of rotatable bonds is 8. The van der Waals surface area contributed by atoms with Gasteiger partial charge in [-0.3, -0.25) is 4.98 Å². The summed E-state index contributed by atoms with van der Waals surface area (Å²) in [5, 5.41) is 14.5. The number of fused-ring (bicyclic) bond motifs is 1. The van der Waals surface area contributed by atoms with Crippen LogP contribution in [0, 0.1) is 11.6 Å². The Bertz CT molecular complexity index is 1090. The summed E-state index contributed by atoms with van der Waals surface area (Å²) in [7, 11) is 0. The van der Waals surface area contributed by atoms with Crippen molar-refractivity contribution in [3.63, 3.8) is 0 Å². The number of hydrogen-bond acceptors (Lipinski definition) is 5. The molecule has 0 bridgehead atoms. The monoisotopic (exact) mass is 450 g/mol. The summed E-state index contributed by atoms with van der Waals surface area (Å²) in [6, 6.07) is 6.28. The SMILES string of the molecule is CC(CCOc1ccc(F)cc1C(C)NC(=O)O)Nc1c(F)cnc2ccc(Cl)nc12. The summed E-state index contributed by atoms with van der Waals surface area (Å²) in [5.74, 6) is -0.684. The topological polar surface area (TPSA) is 96.4 Å². The molecule has 2 atom stereocenters. The molecule has 31 heavy (non-hydrogen) atoms. The van der Waals surface area contributed by atoms with Crippen molar-refractivity contribution in [2.75, 3.05) is 11.9 Å². The molecule has 164 valence electrons. The van der Waals surface area contributed by atoms with Crippen LogP contribution in [0.15, 0.2) is 36.5 Å². The van der Waals surface area contributed by atoms with Crippen molar-refractivity contribution in [2.24, 2.45) is 0 Å². The zero-order valence-corrected chi connectivity index (χ0v) is 17.6. The number of benzene rings is 1. The van der Waals surface area contributed by atoms with Crippen LogP contribution < -0.4 is 15.4 Å². The van der Waals surface area contributed by atoms with Crippen LogP contribution in [-0.4, -0.2) is 33.8 Å². The number of nitrogens with one attached hydrogen (secondary N) is 2. The average Bonchev–Trinajstić information content (AvgIpc) is 2.70. The number of pyridine rings is 2. The van der Waals surface area contributed by atoms with Gasteiger partial charge >= 0.3 is 6.09 Å². The minimum atomic E-state index is -1.22. The summed E-state index contributed by atoms with van der Waals surface area (Å²) in [6.07, 6.45) is 0.368. The Morgan fingerprint density at radius 1 is 1.26 bits per heavy atom. The number of carboxylic acid groups (broad SMARTS) is 1. The van der Waals surface area contributed by atoms with E-state index in [1.807, 2.05) is 6.92 Å². The predicted molar refractivity (Wildman–Crippen MR) is 114 cm³/mol. The normalized spacial score (nSPS) is 12.9. The molecule has 3 N–H and O–H groups in total. The van der Waals surface area contributed by atoms with Gasteiger partial charge in [0.2, 0.25) is 0 Å². The molecule has 7 nitrogen and oxygen atoms in total. The molecule has 0 saturated carbocycles. The van der Waals surface area contributed by atoms with Crippen LogP contribution >= 0.6 is 11.6 Å². The fraction of sp³-hybridized carbons (Fsp3) is 0.286. The first-order valence-electron chi connectivity index (χ1n) is 9.53. The molecule has 3 aromatic rings. The quantitative estimate of drug-likeness (QED) is 0.410. The Morgan fingerprint density at radius 2 is 2.03 bits per heavy atom. The lowest BCUT2D eigenvalue weighted by Crippen LogP contribution is -2.25. The molecule has 1 aromatic carbocycles. The Hall–Kier alpha value is -3.20. The fourth-order valence-corrected chi connectivity index (χ4v) is 3.22. The summed E-state index contributed by atoms with van der Waals surface area (Å²) in [6.45, 7) is 3.67. The van der Waals surface area contributed by atoms with Crippen LogP contribution in [0.5, 0.6) is 5.75 Å². The first-order chi connectivity index (χ1) is 14.7. The zero-order chi connectivity index (χ0) is 22.5. The zero-order valence-electron chi connectivity index (χ0n) is 16.8. The van der Waals surface area contributed by atoms with E-state index in [2.05, 4.69) is 20.6 Å². The molecule has 0 radical (unpaired) electrons. The third-order valence-corrected chi connectivity index (χ3v) is 4.82. The van der Waals surface area contributed by atoms with E-state index in [0.717, 1.165) is 6.20 Å². The molecular weight excluding hydrogens is 430 g/mol. The predicted octanol–water partition coefficient (Wildman–Crippen LogP) is 5.16. The van der Waals surface area contributed by atoms with Crippen molar-refractivity contribution in [2.45, 2.75) is 32.4 Å². The minimum absolute atomic E-state index is 0.196. The van der Waals surface area contributed by atoms with Crippen molar-refractivity contribution in [1.29, 1.82) is 0 Å². The highest BCUT2D eigenvalue weighted by molar-refractivity contribution is 6.29. The van der Waals surface area contributed by atoms with Crippen molar-refractivity contribution < 1.29 is 23.4 Å². The standard InChI is InChI=1S/C21H21ClF2N4O3/c1-11(26-19-15(24)10-25-16-4-6-18(22)28-20(16)19)7-8-31-17-5-3-13(23)9-14(17)12(2)27-21(29)30/h3-6,9-12,27H,7-8H2,1-2H3,(H,25,26)(H,29,30). The molecule has 1 amide bonds. The van der Waals surface area contributed by atoms with E-state index in [9.17, 15) is 13.6 Å². The van der Waals surface area contributed by atoms with Crippen molar-refractivity contribution in [3.8, 4) is 5.75 Å². The molecule has 2 heterocycles. The number of halogens is 3. The Kier molecular flexibility index (Phi) is 7.06. The van der Waals surface area contributed by atoms with Gasteiger partial charge in [-0.05, 0) is 44.2 Å². The van der Waals surface area contributed by atoms with E-state index in [0.29, 0.717) is 28.8 Å². The van der Waals surface area contributed by atoms with E-state index in [4.69, 9.17) is 21.4 Å². The van der Waals surface area contributed by atoms with Gasteiger partial charge in [-0.15, -0.1) is 0 Å². The van der Waals surface area contributed by atoms with Gasteiger partial charge in [0.1, 0.15) is 27.9 Å². The number of aromatic nitrogens is 2. The summed E-state index contributed by atoms with van der Waals surface area (Å²) in [4.78, 5) is 19.1. The molecule has 3 rings (SSSR count). The Balaban J connectivity index is 1.67. The van der Waals surface area contributed by atoms with Crippen molar-refractivity contribution in [3.05, 3.63) is 58.9 Å². The smallest absolute Gasteiger partial charge is 0.405 e. The third-order valence-electron chi connectivity index (χ3n) is 4.61. The molecule has 2 unspecified atom stereocenters. The second-order valence-corrected chi connectivity index (χ2v) is 7.41. The first kappa shape index (κ1) is 22.5. The maximum absolute atomic E-state index is 14.4. The summed E-state index contributed by atoms with van der Waals surface area (Å²) >= 11 is 5.94. The van der Waals surface area contributed by atoms with Crippen LogP contribution in [0.3, 0.4) is 0 Å². The van der Waals surface area contributed by atoms with Gasteiger partial charge in [0.25, 0.3) is 0 Å². The van der Waals surface area contributed by atoms with Crippen LogP contribution in [0.2, 0.25) is 5.15 Å². The molecule has 0 aliphatic heterocycles. The molecule has 10 heteroatoms. The lowest BCUT2D eigenvalue weighted by atomic mass is 10.1. The fourth-order valence-electron chi connectivity index (χ4n) is 3.07. The molecule has 0 aliphatic carbocycles. The highest BCUT2D eigenvalue weighted by Gasteiger charge is 2.17. The van der Waals surface area contributed by atoms with Crippen LogP contribution in [0.1, 0.15) is 31.9 Å². The Morgan fingerprint density at radius 3 is 2.77 bits per heavy atom. The third kappa shape index (κ3) is 5.69. The van der Waals surface area contributed by atoms with Gasteiger partial charge in [-0.25, -0.2) is 18.6 Å². The molecule has 0 saturated heterocycles. The molecule has 0 fully saturated rings.